The number of hydrogen-bond donors (Lipinski definition) is 2. The van der Waals surface area contributed by atoms with Crippen molar-refractivity contribution in [2.45, 2.75) is 18.9 Å². The van der Waals surface area contributed by atoms with Crippen LogP contribution in [0.2, 0.25) is 0 Å². The number of H-pyrrole nitrogens is 1. The van der Waals surface area contributed by atoms with E-state index in [-0.39, 0.29) is 12.5 Å². The van der Waals surface area contributed by atoms with Crippen molar-refractivity contribution in [3.05, 3.63) is 18.6 Å². The molecule has 23 heavy (non-hydrogen) atoms. The lowest BCUT2D eigenvalue weighted by Gasteiger charge is -2.27. The number of aromatic nitrogens is 3. The Bertz CT molecular complexity index is 714. The van der Waals surface area contributed by atoms with E-state index in [1.807, 2.05) is 17.2 Å². The second-order valence-electron chi connectivity index (χ2n) is 6.70. The molecule has 0 spiro atoms. The molecule has 7 heteroatoms. The third kappa shape index (κ3) is 2.35. The first kappa shape index (κ1) is 14.4. The maximum atomic E-state index is 11.8. The van der Waals surface area contributed by atoms with Gasteiger partial charge in [0.25, 0.3) is 0 Å². The summed E-state index contributed by atoms with van der Waals surface area (Å²) in [5.41, 5.74) is 6.35. The summed E-state index contributed by atoms with van der Waals surface area (Å²) in [6, 6.07) is 2.49. The Kier molecular flexibility index (Phi) is 3.45. The van der Waals surface area contributed by atoms with Crippen LogP contribution in [0.25, 0.3) is 11.0 Å². The molecule has 2 aromatic heterocycles. The SMILES string of the molecule is CN(c1ncnc2[nH]ccc12)C1CC2CN(C(=O)CN)C[C@H]2C1. The Morgan fingerprint density at radius 3 is 2.83 bits per heavy atom. The fourth-order valence-corrected chi connectivity index (χ4v) is 4.23. The van der Waals surface area contributed by atoms with Gasteiger partial charge in [-0.25, -0.2) is 9.97 Å². The molecule has 3 heterocycles. The van der Waals surface area contributed by atoms with Crippen LogP contribution in [-0.2, 0) is 4.79 Å². The van der Waals surface area contributed by atoms with Crippen LogP contribution >= 0.6 is 0 Å². The molecule has 1 aliphatic heterocycles. The fourth-order valence-electron chi connectivity index (χ4n) is 4.23. The van der Waals surface area contributed by atoms with Gasteiger partial charge in [0, 0.05) is 32.4 Å². The van der Waals surface area contributed by atoms with Crippen molar-refractivity contribution in [3.63, 3.8) is 0 Å². The van der Waals surface area contributed by atoms with Gasteiger partial charge in [-0.2, -0.15) is 0 Å². The zero-order valence-corrected chi connectivity index (χ0v) is 13.3. The molecular weight excluding hydrogens is 292 g/mol. The minimum absolute atomic E-state index is 0.0779. The number of nitrogens with zero attached hydrogens (tertiary/aromatic N) is 4. The van der Waals surface area contributed by atoms with Gasteiger partial charge < -0.3 is 20.5 Å². The zero-order chi connectivity index (χ0) is 16.0. The highest BCUT2D eigenvalue weighted by molar-refractivity contribution is 5.87. The average Bonchev–Trinajstić information content (AvgIpc) is 3.26. The van der Waals surface area contributed by atoms with Crippen LogP contribution < -0.4 is 10.6 Å². The fraction of sp³-hybridized carbons (Fsp3) is 0.562. The van der Waals surface area contributed by atoms with Gasteiger partial charge in [0.1, 0.15) is 17.8 Å². The Hall–Kier alpha value is -2.15. The number of hydrogen-bond acceptors (Lipinski definition) is 5. The zero-order valence-electron chi connectivity index (χ0n) is 13.3. The van der Waals surface area contributed by atoms with Crippen LogP contribution in [-0.4, -0.2) is 58.5 Å². The van der Waals surface area contributed by atoms with Crippen LogP contribution in [0.15, 0.2) is 18.6 Å². The Labute approximate surface area is 134 Å². The normalized spacial score (nSPS) is 26.7. The highest BCUT2D eigenvalue weighted by atomic mass is 16.2. The van der Waals surface area contributed by atoms with E-state index >= 15 is 0 Å². The van der Waals surface area contributed by atoms with Crippen LogP contribution in [0.5, 0.6) is 0 Å². The molecule has 0 aromatic carbocycles. The number of nitrogens with one attached hydrogen (secondary N) is 1. The Morgan fingerprint density at radius 2 is 2.13 bits per heavy atom. The first-order valence-corrected chi connectivity index (χ1v) is 8.16. The number of likely N-dealkylation sites (tertiary alicyclic amines) is 1. The second kappa shape index (κ2) is 5.49. The van der Waals surface area contributed by atoms with Gasteiger partial charge in [0.2, 0.25) is 5.91 Å². The predicted molar refractivity (Wildman–Crippen MR) is 87.9 cm³/mol. The Balaban J connectivity index is 1.49. The monoisotopic (exact) mass is 314 g/mol. The molecule has 7 nitrogen and oxygen atoms in total. The minimum Gasteiger partial charge on any atom is -0.356 e. The van der Waals surface area contributed by atoms with E-state index in [0.29, 0.717) is 17.9 Å². The largest absolute Gasteiger partial charge is 0.356 e. The van der Waals surface area contributed by atoms with Crippen LogP contribution in [0.1, 0.15) is 12.8 Å². The van der Waals surface area contributed by atoms with E-state index < -0.39 is 0 Å². The number of carbonyl (C=O) groups is 1. The van der Waals surface area contributed by atoms with Crippen molar-refractivity contribution < 1.29 is 4.79 Å². The van der Waals surface area contributed by atoms with E-state index in [4.69, 9.17) is 5.73 Å². The van der Waals surface area contributed by atoms with Gasteiger partial charge in [0.05, 0.1) is 11.9 Å². The lowest BCUT2D eigenvalue weighted by Crippen LogP contribution is -2.37. The summed E-state index contributed by atoms with van der Waals surface area (Å²) in [4.78, 5) is 27.9. The molecule has 122 valence electrons. The maximum absolute atomic E-state index is 11.8. The summed E-state index contributed by atoms with van der Waals surface area (Å²) in [5, 5.41) is 1.06. The van der Waals surface area contributed by atoms with Crippen molar-refractivity contribution in [2.24, 2.45) is 17.6 Å². The molecule has 1 saturated heterocycles. The van der Waals surface area contributed by atoms with Crippen molar-refractivity contribution >= 4 is 22.8 Å². The van der Waals surface area contributed by atoms with Crippen molar-refractivity contribution in [1.82, 2.24) is 19.9 Å². The first-order valence-electron chi connectivity index (χ1n) is 8.16. The molecule has 1 aliphatic carbocycles. The summed E-state index contributed by atoms with van der Waals surface area (Å²) in [7, 11) is 2.11. The predicted octanol–water partition coefficient (Wildman–Crippen LogP) is 0.590. The van der Waals surface area contributed by atoms with E-state index in [2.05, 4.69) is 26.9 Å². The van der Waals surface area contributed by atoms with Gasteiger partial charge >= 0.3 is 0 Å². The third-order valence-electron chi connectivity index (χ3n) is 5.47. The highest BCUT2D eigenvalue weighted by Gasteiger charge is 2.43. The minimum atomic E-state index is 0.0779. The van der Waals surface area contributed by atoms with Crippen molar-refractivity contribution in [1.29, 1.82) is 0 Å². The number of rotatable bonds is 3. The quantitative estimate of drug-likeness (QED) is 0.865. The van der Waals surface area contributed by atoms with Gasteiger partial charge in [-0.05, 0) is 30.7 Å². The molecule has 0 bridgehead atoms. The van der Waals surface area contributed by atoms with Crippen molar-refractivity contribution in [3.8, 4) is 0 Å². The number of fused-ring (bicyclic) bond motifs is 2. The number of carbonyl (C=O) groups excluding carboxylic acids is 1. The van der Waals surface area contributed by atoms with Crippen LogP contribution in [0.4, 0.5) is 5.82 Å². The summed E-state index contributed by atoms with van der Waals surface area (Å²) in [6.45, 7) is 1.83. The summed E-state index contributed by atoms with van der Waals surface area (Å²) in [6.07, 6.45) is 5.72. The van der Waals surface area contributed by atoms with E-state index in [0.717, 1.165) is 42.8 Å². The molecule has 2 aromatic rings. The van der Waals surface area contributed by atoms with Crippen LogP contribution in [0.3, 0.4) is 0 Å². The van der Waals surface area contributed by atoms with Gasteiger partial charge in [0.15, 0.2) is 0 Å². The molecule has 3 atom stereocenters. The molecule has 1 saturated carbocycles. The Morgan fingerprint density at radius 1 is 1.39 bits per heavy atom. The highest BCUT2D eigenvalue weighted by Crippen LogP contribution is 2.41. The molecule has 2 aliphatic rings. The third-order valence-corrected chi connectivity index (χ3v) is 5.47. The standard InChI is InChI=1S/C16H22N6O/c1-21(16-13-2-3-18-15(13)19-9-20-16)12-4-10-7-22(14(23)6-17)8-11(10)5-12/h2-3,9-12H,4-8,17H2,1H3,(H,18,19,20)/t10-,11?,12?/m1/s1. The maximum Gasteiger partial charge on any atom is 0.236 e. The molecule has 4 rings (SSSR count). The number of nitrogens with two attached hydrogens (primary N) is 1. The molecule has 0 radical (unpaired) electrons. The van der Waals surface area contributed by atoms with E-state index in [1.54, 1.807) is 6.33 Å². The molecule has 2 fully saturated rings. The van der Waals surface area contributed by atoms with Crippen molar-refractivity contribution in [2.75, 3.05) is 31.6 Å². The first-order chi connectivity index (χ1) is 11.2. The van der Waals surface area contributed by atoms with Gasteiger partial charge in [-0.1, -0.05) is 0 Å². The summed E-state index contributed by atoms with van der Waals surface area (Å²) >= 11 is 0. The number of aromatic amines is 1. The van der Waals surface area contributed by atoms with Gasteiger partial charge in [-0.3, -0.25) is 4.79 Å². The van der Waals surface area contributed by atoms with E-state index in [1.165, 1.54) is 0 Å². The molecule has 3 N–H and O–H groups in total. The lowest BCUT2D eigenvalue weighted by molar-refractivity contribution is -0.128. The summed E-state index contributed by atoms with van der Waals surface area (Å²) in [5.74, 6) is 2.23. The second-order valence-corrected chi connectivity index (χ2v) is 6.70. The van der Waals surface area contributed by atoms with Gasteiger partial charge in [-0.15, -0.1) is 0 Å². The number of anilines is 1. The smallest absolute Gasteiger partial charge is 0.236 e. The topological polar surface area (TPSA) is 91.1 Å². The number of amides is 1. The lowest BCUT2D eigenvalue weighted by atomic mass is 10.0. The average molecular weight is 314 g/mol. The molecule has 2 unspecified atom stereocenters. The molecule has 1 amide bonds. The molecular formula is C16H22N6O. The summed E-state index contributed by atoms with van der Waals surface area (Å²) < 4.78 is 0. The van der Waals surface area contributed by atoms with Crippen LogP contribution in [0, 0.1) is 11.8 Å². The van der Waals surface area contributed by atoms with E-state index in [9.17, 15) is 4.79 Å².